The Morgan fingerprint density at radius 3 is 2.50 bits per heavy atom. The lowest BCUT2D eigenvalue weighted by Gasteiger charge is -2.09. The highest BCUT2D eigenvalue weighted by atomic mass is 19.1. The zero-order valence-corrected chi connectivity index (χ0v) is 16.9. The van der Waals surface area contributed by atoms with Gasteiger partial charge in [0.25, 0.3) is 5.91 Å². The van der Waals surface area contributed by atoms with E-state index in [1.54, 1.807) is 12.1 Å². The van der Waals surface area contributed by atoms with Gasteiger partial charge in [-0.2, -0.15) is 5.10 Å². The molecule has 4 nitrogen and oxygen atoms in total. The molecule has 1 aromatic heterocycles. The van der Waals surface area contributed by atoms with Crippen molar-refractivity contribution in [2.45, 2.75) is 20.4 Å². The molecule has 0 aliphatic heterocycles. The third kappa shape index (κ3) is 4.01. The lowest BCUT2D eigenvalue weighted by molar-refractivity contribution is 0.0955. The molecule has 5 heteroatoms. The molecule has 0 fully saturated rings. The number of fused-ring (bicyclic) bond motifs is 1. The Bertz CT molecular complexity index is 1220. The average Bonchev–Trinajstić information content (AvgIpc) is 3.00. The van der Waals surface area contributed by atoms with Crippen LogP contribution in [-0.2, 0) is 6.54 Å². The minimum Gasteiger partial charge on any atom is -0.340 e. The SMILES string of the molecule is Cc1c(C)n(Cc2ccccc2)c2ccc(C(=O)N/N=C/c3ccc(F)cc3)cc12. The molecule has 30 heavy (non-hydrogen) atoms. The van der Waals surface area contributed by atoms with Crippen LogP contribution in [0, 0.1) is 19.7 Å². The summed E-state index contributed by atoms with van der Waals surface area (Å²) in [6, 6.07) is 21.9. The van der Waals surface area contributed by atoms with Gasteiger partial charge in [0.2, 0.25) is 0 Å². The highest BCUT2D eigenvalue weighted by molar-refractivity contribution is 5.99. The monoisotopic (exact) mass is 399 g/mol. The summed E-state index contributed by atoms with van der Waals surface area (Å²) >= 11 is 0. The molecular weight excluding hydrogens is 377 g/mol. The zero-order chi connectivity index (χ0) is 21.1. The van der Waals surface area contributed by atoms with Crippen LogP contribution in [0.2, 0.25) is 0 Å². The number of hydrogen-bond donors (Lipinski definition) is 1. The van der Waals surface area contributed by atoms with Crippen molar-refractivity contribution in [1.82, 2.24) is 9.99 Å². The van der Waals surface area contributed by atoms with Crippen LogP contribution in [0.4, 0.5) is 4.39 Å². The van der Waals surface area contributed by atoms with Crippen molar-refractivity contribution in [2.24, 2.45) is 5.10 Å². The first kappa shape index (κ1) is 19.6. The molecule has 3 aromatic carbocycles. The predicted octanol–water partition coefficient (Wildman–Crippen LogP) is 5.21. The van der Waals surface area contributed by atoms with Crippen LogP contribution < -0.4 is 5.43 Å². The summed E-state index contributed by atoms with van der Waals surface area (Å²) in [5, 5.41) is 5.03. The second-order valence-corrected chi connectivity index (χ2v) is 7.26. The summed E-state index contributed by atoms with van der Waals surface area (Å²) in [6.45, 7) is 4.96. The largest absolute Gasteiger partial charge is 0.340 e. The van der Waals surface area contributed by atoms with Gasteiger partial charge in [0.15, 0.2) is 0 Å². The van der Waals surface area contributed by atoms with Crippen LogP contribution in [0.25, 0.3) is 10.9 Å². The third-order valence-corrected chi connectivity index (χ3v) is 5.33. The van der Waals surface area contributed by atoms with Gasteiger partial charge in [-0.15, -0.1) is 0 Å². The molecule has 4 aromatic rings. The Hall–Kier alpha value is -3.73. The summed E-state index contributed by atoms with van der Waals surface area (Å²) in [4.78, 5) is 12.5. The molecule has 150 valence electrons. The average molecular weight is 399 g/mol. The summed E-state index contributed by atoms with van der Waals surface area (Å²) < 4.78 is 15.2. The Morgan fingerprint density at radius 1 is 1.03 bits per heavy atom. The van der Waals surface area contributed by atoms with Crippen molar-refractivity contribution in [2.75, 3.05) is 0 Å². The first-order chi connectivity index (χ1) is 14.5. The predicted molar refractivity (Wildman–Crippen MR) is 118 cm³/mol. The quantitative estimate of drug-likeness (QED) is 0.363. The number of nitrogens with one attached hydrogen (secondary N) is 1. The fourth-order valence-electron chi connectivity index (χ4n) is 3.54. The summed E-state index contributed by atoms with van der Waals surface area (Å²) in [5.74, 6) is -0.600. The van der Waals surface area contributed by atoms with E-state index < -0.39 is 0 Å². The molecule has 4 rings (SSSR count). The molecule has 0 spiro atoms. The summed E-state index contributed by atoms with van der Waals surface area (Å²) in [5.41, 5.74) is 8.45. The van der Waals surface area contributed by atoms with Crippen LogP contribution in [0.3, 0.4) is 0 Å². The molecule has 0 unspecified atom stereocenters. The van der Waals surface area contributed by atoms with E-state index in [0.717, 1.165) is 23.0 Å². The number of hydrazone groups is 1. The maximum absolute atomic E-state index is 13.0. The number of amides is 1. The van der Waals surface area contributed by atoms with Gasteiger partial charge in [0.1, 0.15) is 5.82 Å². The minimum absolute atomic E-state index is 0.289. The van der Waals surface area contributed by atoms with E-state index in [2.05, 4.69) is 41.1 Å². The third-order valence-electron chi connectivity index (χ3n) is 5.33. The first-order valence-electron chi connectivity index (χ1n) is 9.75. The van der Waals surface area contributed by atoms with E-state index >= 15 is 0 Å². The Kier molecular flexibility index (Phi) is 5.44. The van der Waals surface area contributed by atoms with Gasteiger partial charge in [-0.3, -0.25) is 4.79 Å². The van der Waals surface area contributed by atoms with Crippen molar-refractivity contribution < 1.29 is 9.18 Å². The lowest BCUT2D eigenvalue weighted by Crippen LogP contribution is -2.17. The van der Waals surface area contributed by atoms with Crippen molar-refractivity contribution in [3.05, 3.63) is 107 Å². The molecule has 0 bridgehead atoms. The van der Waals surface area contributed by atoms with Crippen LogP contribution >= 0.6 is 0 Å². The zero-order valence-electron chi connectivity index (χ0n) is 16.9. The number of carbonyl (C=O) groups is 1. The Balaban J connectivity index is 1.56. The highest BCUT2D eigenvalue weighted by Crippen LogP contribution is 2.27. The van der Waals surface area contributed by atoms with Gasteiger partial charge >= 0.3 is 0 Å². The second-order valence-electron chi connectivity index (χ2n) is 7.26. The molecule has 1 amide bonds. The van der Waals surface area contributed by atoms with Gasteiger partial charge < -0.3 is 4.57 Å². The Morgan fingerprint density at radius 2 is 1.77 bits per heavy atom. The van der Waals surface area contributed by atoms with Crippen LogP contribution in [0.5, 0.6) is 0 Å². The van der Waals surface area contributed by atoms with Crippen molar-refractivity contribution in [1.29, 1.82) is 0 Å². The van der Waals surface area contributed by atoms with Gasteiger partial charge in [-0.25, -0.2) is 9.82 Å². The molecule has 0 radical (unpaired) electrons. The van der Waals surface area contributed by atoms with Crippen molar-refractivity contribution >= 4 is 23.0 Å². The van der Waals surface area contributed by atoms with Gasteiger partial charge in [-0.1, -0.05) is 42.5 Å². The molecular formula is C25H22FN3O. The smallest absolute Gasteiger partial charge is 0.271 e. The first-order valence-corrected chi connectivity index (χ1v) is 9.75. The van der Waals surface area contributed by atoms with Crippen molar-refractivity contribution in [3.63, 3.8) is 0 Å². The number of halogens is 1. The fourth-order valence-corrected chi connectivity index (χ4v) is 3.54. The lowest BCUT2D eigenvalue weighted by atomic mass is 10.1. The molecule has 0 aliphatic rings. The maximum atomic E-state index is 13.0. The number of aromatic nitrogens is 1. The molecule has 1 heterocycles. The number of aryl methyl sites for hydroxylation is 1. The van der Waals surface area contributed by atoms with E-state index in [-0.39, 0.29) is 11.7 Å². The summed E-state index contributed by atoms with van der Waals surface area (Å²) in [6.07, 6.45) is 1.49. The van der Waals surface area contributed by atoms with Gasteiger partial charge in [-0.05, 0) is 60.9 Å². The fraction of sp³-hybridized carbons (Fsp3) is 0.120. The van der Waals surface area contributed by atoms with E-state index in [9.17, 15) is 9.18 Å². The number of hydrogen-bond acceptors (Lipinski definition) is 2. The van der Waals surface area contributed by atoms with E-state index in [0.29, 0.717) is 11.1 Å². The molecule has 0 saturated carbocycles. The normalized spacial score (nSPS) is 11.3. The standard InChI is InChI=1S/C25H22FN3O/c1-17-18(2)29(16-20-6-4-3-5-7-20)24-13-10-21(14-23(17)24)25(30)28-27-15-19-8-11-22(26)12-9-19/h3-15H,16H2,1-2H3,(H,28,30)/b27-15+. The van der Waals surface area contributed by atoms with Crippen LogP contribution in [-0.4, -0.2) is 16.7 Å². The number of carbonyl (C=O) groups excluding carboxylic acids is 1. The molecule has 1 N–H and O–H groups in total. The maximum Gasteiger partial charge on any atom is 0.271 e. The number of rotatable bonds is 5. The van der Waals surface area contributed by atoms with Crippen molar-refractivity contribution in [3.8, 4) is 0 Å². The topological polar surface area (TPSA) is 46.4 Å². The van der Waals surface area contributed by atoms with E-state index in [4.69, 9.17) is 0 Å². The molecule has 0 atom stereocenters. The summed E-state index contributed by atoms with van der Waals surface area (Å²) in [7, 11) is 0. The number of nitrogens with zero attached hydrogens (tertiary/aromatic N) is 2. The van der Waals surface area contributed by atoms with Crippen LogP contribution in [0.1, 0.15) is 32.7 Å². The van der Waals surface area contributed by atoms with E-state index in [1.807, 2.05) is 36.4 Å². The minimum atomic E-state index is -0.311. The van der Waals surface area contributed by atoms with Crippen LogP contribution in [0.15, 0.2) is 77.9 Å². The molecule has 0 saturated heterocycles. The van der Waals surface area contributed by atoms with E-state index in [1.165, 1.54) is 29.6 Å². The second kappa shape index (κ2) is 8.33. The van der Waals surface area contributed by atoms with Gasteiger partial charge in [0.05, 0.1) is 6.21 Å². The van der Waals surface area contributed by atoms with Gasteiger partial charge in [0, 0.05) is 28.7 Å². The Labute approximate surface area is 174 Å². The highest BCUT2D eigenvalue weighted by Gasteiger charge is 2.14. The number of benzene rings is 3. The molecule has 0 aliphatic carbocycles.